The second-order valence-corrected chi connectivity index (χ2v) is 5.21. The first-order valence-corrected chi connectivity index (χ1v) is 4.86. The summed E-state index contributed by atoms with van der Waals surface area (Å²) in [7, 11) is -1.40. The van der Waals surface area contributed by atoms with Crippen LogP contribution < -0.4 is 11.0 Å². The molecule has 0 aromatic carbocycles. The van der Waals surface area contributed by atoms with E-state index in [0.717, 1.165) is 12.3 Å². The lowest BCUT2D eigenvalue weighted by Gasteiger charge is -2.09. The fraction of sp³-hybridized carbons (Fsp3) is 1.00. The topological polar surface area (TPSA) is 52.0 Å². The van der Waals surface area contributed by atoms with Crippen molar-refractivity contribution in [1.82, 2.24) is 0 Å². The second kappa shape index (κ2) is 2.61. The summed E-state index contributed by atoms with van der Waals surface area (Å²) >= 11 is 0. The van der Waals surface area contributed by atoms with E-state index in [4.69, 9.17) is 11.0 Å². The largest absolute Gasteiger partial charge is 0.189 e. The maximum atomic E-state index is 5.60. The van der Waals surface area contributed by atoms with Crippen LogP contribution in [0.3, 0.4) is 0 Å². The molecule has 0 aliphatic carbocycles. The van der Waals surface area contributed by atoms with Gasteiger partial charge in [0.2, 0.25) is 0 Å². The third-order valence-corrected chi connectivity index (χ3v) is 3.53. The highest BCUT2D eigenvalue weighted by Gasteiger charge is 2.19. The summed E-state index contributed by atoms with van der Waals surface area (Å²) < 4.78 is 0. The third-order valence-electron chi connectivity index (χ3n) is 1.18. The molecule has 0 saturated heterocycles. The van der Waals surface area contributed by atoms with Crippen LogP contribution in [0.1, 0.15) is 13.8 Å². The fourth-order valence-corrected chi connectivity index (χ4v) is 0.671. The van der Waals surface area contributed by atoms with Crippen molar-refractivity contribution in [2.45, 2.75) is 13.8 Å². The van der Waals surface area contributed by atoms with Gasteiger partial charge in [-0.25, -0.2) is 0 Å². The summed E-state index contributed by atoms with van der Waals surface area (Å²) in [4.78, 5) is 0. The van der Waals surface area contributed by atoms with E-state index in [0.29, 0.717) is 0 Å². The van der Waals surface area contributed by atoms with Crippen LogP contribution in [0.2, 0.25) is 0 Å². The van der Waals surface area contributed by atoms with Crippen molar-refractivity contribution in [2.75, 3.05) is 12.3 Å². The van der Waals surface area contributed by atoms with Gasteiger partial charge >= 0.3 is 0 Å². The molecule has 0 atom stereocenters. The molecule has 0 unspecified atom stereocenters. The zero-order chi connectivity index (χ0) is 5.91. The summed E-state index contributed by atoms with van der Waals surface area (Å²) in [5, 5.41) is 0. The van der Waals surface area contributed by atoms with Gasteiger partial charge < -0.3 is 0 Å². The molecule has 0 aliphatic heterocycles. The molecule has 0 rings (SSSR count). The molecule has 0 bridgehead atoms. The molecule has 0 amide bonds. The molecule has 0 fully saturated rings. The van der Waals surface area contributed by atoms with Crippen molar-refractivity contribution in [3.8, 4) is 0 Å². The highest BCUT2D eigenvalue weighted by atomic mass is 31.2. The Balaban J connectivity index is 3.36. The van der Waals surface area contributed by atoms with Crippen LogP contribution in [0.25, 0.3) is 0 Å². The van der Waals surface area contributed by atoms with E-state index in [1.54, 1.807) is 0 Å². The first-order chi connectivity index (χ1) is 3.12. The molecule has 0 heterocycles. The monoisotopic (exact) mass is 121 g/mol. The summed E-state index contributed by atoms with van der Waals surface area (Å²) in [5.41, 5.74) is 11.2. The van der Waals surface area contributed by atoms with E-state index in [1.807, 2.05) is 13.8 Å². The van der Waals surface area contributed by atoms with E-state index < -0.39 is 7.56 Å². The minimum Gasteiger partial charge on any atom is -0.189 e. The van der Waals surface area contributed by atoms with Crippen LogP contribution >= 0.6 is 7.56 Å². The first kappa shape index (κ1) is 7.35. The third kappa shape index (κ3) is 2.98. The first-order valence-electron chi connectivity index (χ1n) is 2.56. The van der Waals surface area contributed by atoms with Crippen molar-refractivity contribution < 1.29 is 0 Å². The smallest absolute Gasteiger partial charge is 0.140 e. The van der Waals surface area contributed by atoms with Crippen molar-refractivity contribution in [1.29, 1.82) is 0 Å². The standard InChI is InChI=1S/C4H14N2P/c1-3-7(5,6)4-2/h3-6H2,1-2H3/q+1. The van der Waals surface area contributed by atoms with Gasteiger partial charge in [-0.05, 0) is 13.8 Å². The number of hydrogen-bond donors (Lipinski definition) is 2. The van der Waals surface area contributed by atoms with Gasteiger partial charge in [0, 0.05) is 0 Å². The Morgan fingerprint density at radius 1 is 1.14 bits per heavy atom. The Hall–Kier alpha value is 0.350. The zero-order valence-corrected chi connectivity index (χ0v) is 5.91. The normalized spacial score (nSPS) is 12.0. The van der Waals surface area contributed by atoms with Gasteiger partial charge in [0.1, 0.15) is 7.56 Å². The average molecular weight is 121 g/mol. The van der Waals surface area contributed by atoms with Crippen LogP contribution in [-0.4, -0.2) is 12.3 Å². The lowest BCUT2D eigenvalue weighted by molar-refractivity contribution is 1.33. The molecule has 0 radical (unpaired) electrons. The molecular formula is C4H14N2P+. The molecule has 0 aromatic rings. The van der Waals surface area contributed by atoms with E-state index in [9.17, 15) is 0 Å². The molecule has 2 nitrogen and oxygen atoms in total. The summed E-state index contributed by atoms with van der Waals surface area (Å²) in [5.74, 6) is 0. The van der Waals surface area contributed by atoms with Gasteiger partial charge in [-0.1, -0.05) is 0 Å². The summed E-state index contributed by atoms with van der Waals surface area (Å²) in [6.07, 6.45) is 1.92. The van der Waals surface area contributed by atoms with Gasteiger partial charge in [-0.2, -0.15) is 11.0 Å². The molecule has 0 aliphatic rings. The molecule has 0 spiro atoms. The molecule has 44 valence electrons. The Morgan fingerprint density at radius 2 is 1.43 bits per heavy atom. The van der Waals surface area contributed by atoms with E-state index in [1.165, 1.54) is 0 Å². The Kier molecular flexibility index (Phi) is 2.74. The van der Waals surface area contributed by atoms with Crippen LogP contribution in [0, 0.1) is 0 Å². The lowest BCUT2D eigenvalue weighted by atomic mass is 11.0. The Bertz CT molecular complexity index is 47.7. The predicted molar refractivity (Wildman–Crippen MR) is 36.4 cm³/mol. The maximum Gasteiger partial charge on any atom is 0.140 e. The lowest BCUT2D eigenvalue weighted by Crippen LogP contribution is -2.17. The van der Waals surface area contributed by atoms with Crippen molar-refractivity contribution >= 4 is 7.56 Å². The van der Waals surface area contributed by atoms with E-state index in [2.05, 4.69) is 0 Å². The summed E-state index contributed by atoms with van der Waals surface area (Å²) in [6, 6.07) is 0. The predicted octanol–water partition coefficient (Wildman–Crippen LogP) is 0.791. The summed E-state index contributed by atoms with van der Waals surface area (Å²) in [6.45, 7) is 4.08. The highest BCUT2D eigenvalue weighted by molar-refractivity contribution is 7.71. The van der Waals surface area contributed by atoms with E-state index >= 15 is 0 Å². The molecule has 3 heteroatoms. The molecule has 4 N–H and O–H groups in total. The van der Waals surface area contributed by atoms with E-state index in [-0.39, 0.29) is 0 Å². The molecule has 0 saturated carbocycles. The number of rotatable bonds is 2. The zero-order valence-electron chi connectivity index (χ0n) is 5.02. The van der Waals surface area contributed by atoms with Gasteiger partial charge in [-0.3, -0.25) is 0 Å². The second-order valence-electron chi connectivity index (χ2n) is 1.74. The molecule has 0 aromatic heterocycles. The Morgan fingerprint density at radius 3 is 1.43 bits per heavy atom. The molecule has 7 heavy (non-hydrogen) atoms. The van der Waals surface area contributed by atoms with Crippen LogP contribution in [0.15, 0.2) is 0 Å². The number of nitrogens with two attached hydrogens (primary N) is 2. The van der Waals surface area contributed by atoms with Gasteiger partial charge in [0.25, 0.3) is 0 Å². The molecular weight excluding hydrogens is 107 g/mol. The average Bonchev–Trinajstić information content (AvgIpc) is 1.68. The minimum atomic E-state index is -1.40. The Labute approximate surface area is 45.7 Å². The van der Waals surface area contributed by atoms with Crippen molar-refractivity contribution in [3.63, 3.8) is 0 Å². The number of hydrogen-bond acceptors (Lipinski definition) is 2. The van der Waals surface area contributed by atoms with Crippen molar-refractivity contribution in [3.05, 3.63) is 0 Å². The SMILES string of the molecule is CC[P+](N)(N)CC. The van der Waals surface area contributed by atoms with Crippen LogP contribution in [-0.2, 0) is 0 Å². The fourth-order valence-electron chi connectivity index (χ4n) is 0.224. The van der Waals surface area contributed by atoms with Gasteiger partial charge in [-0.15, -0.1) is 0 Å². The van der Waals surface area contributed by atoms with Crippen LogP contribution in [0.4, 0.5) is 0 Å². The van der Waals surface area contributed by atoms with Gasteiger partial charge in [0.15, 0.2) is 0 Å². The van der Waals surface area contributed by atoms with Gasteiger partial charge in [0.05, 0.1) is 12.3 Å². The van der Waals surface area contributed by atoms with Crippen LogP contribution in [0.5, 0.6) is 0 Å². The maximum absolute atomic E-state index is 5.60. The van der Waals surface area contributed by atoms with Crippen molar-refractivity contribution in [2.24, 2.45) is 11.0 Å². The quantitative estimate of drug-likeness (QED) is 0.531. The highest BCUT2D eigenvalue weighted by Crippen LogP contribution is 2.39. The minimum absolute atomic E-state index is 0.962.